The van der Waals surface area contributed by atoms with E-state index in [9.17, 15) is 9.59 Å². The Hall–Kier alpha value is -3.01. The highest BCUT2D eigenvalue weighted by Gasteiger charge is 2.24. The number of hydrogen-bond acceptors (Lipinski definition) is 5. The number of carboxylic acids is 1. The number of rotatable bonds is 7. The molecule has 0 aliphatic rings. The molecule has 0 radical (unpaired) electrons. The lowest BCUT2D eigenvalue weighted by atomic mass is 10.0. The van der Waals surface area contributed by atoms with Crippen LogP contribution in [0, 0.1) is 17.2 Å². The topological polar surface area (TPSA) is 111 Å². The molecule has 0 aromatic heterocycles. The fourth-order valence-electron chi connectivity index (χ4n) is 1.75. The van der Waals surface area contributed by atoms with Crippen LogP contribution in [-0.2, 0) is 9.59 Å². The van der Waals surface area contributed by atoms with Gasteiger partial charge >= 0.3 is 5.97 Å². The standard InChI is InChI=1S/C16H19N3O4/c1-10(2)14(16(21)22)19-15(20)11(8-17)9-18-12-5-4-6-13(7-12)23-3/h4-7,9-10,14,18H,1-3H3,(H,19,20)(H,21,22)/b11-9-. The van der Waals surface area contributed by atoms with E-state index < -0.39 is 17.9 Å². The lowest BCUT2D eigenvalue weighted by Gasteiger charge is -2.17. The van der Waals surface area contributed by atoms with Crippen molar-refractivity contribution in [2.75, 3.05) is 12.4 Å². The van der Waals surface area contributed by atoms with E-state index in [-0.39, 0.29) is 11.5 Å². The Morgan fingerprint density at radius 2 is 2.09 bits per heavy atom. The Kier molecular flexibility index (Phi) is 6.62. The van der Waals surface area contributed by atoms with Crippen molar-refractivity contribution in [1.29, 1.82) is 5.26 Å². The van der Waals surface area contributed by atoms with Crippen LogP contribution < -0.4 is 15.4 Å². The molecule has 1 aromatic rings. The SMILES string of the molecule is COc1cccc(N/C=C(/C#N)C(=O)NC(C(=O)O)C(C)C)c1. The van der Waals surface area contributed by atoms with Gasteiger partial charge < -0.3 is 20.5 Å². The molecule has 3 N–H and O–H groups in total. The van der Waals surface area contributed by atoms with Crippen LogP contribution in [-0.4, -0.2) is 30.1 Å². The van der Waals surface area contributed by atoms with E-state index >= 15 is 0 Å². The molecule has 122 valence electrons. The third kappa shape index (κ3) is 5.36. The summed E-state index contributed by atoms with van der Waals surface area (Å²) in [6.45, 7) is 3.34. The maximum Gasteiger partial charge on any atom is 0.326 e. The first-order valence-corrected chi connectivity index (χ1v) is 6.93. The number of nitrogens with zero attached hydrogens (tertiary/aromatic N) is 1. The third-order valence-corrected chi connectivity index (χ3v) is 3.04. The summed E-state index contributed by atoms with van der Waals surface area (Å²) in [4.78, 5) is 23.1. The van der Waals surface area contributed by atoms with Gasteiger partial charge in [0.15, 0.2) is 0 Å². The number of carboxylic acid groups (broad SMARTS) is 1. The number of ether oxygens (including phenoxy) is 1. The third-order valence-electron chi connectivity index (χ3n) is 3.04. The first kappa shape index (κ1) is 18.0. The van der Waals surface area contributed by atoms with Gasteiger partial charge in [-0.25, -0.2) is 4.79 Å². The molecule has 23 heavy (non-hydrogen) atoms. The van der Waals surface area contributed by atoms with Crippen LogP contribution in [0.1, 0.15) is 13.8 Å². The second kappa shape index (κ2) is 8.44. The number of nitriles is 1. The predicted molar refractivity (Wildman–Crippen MR) is 84.7 cm³/mol. The number of carbonyl (C=O) groups is 2. The van der Waals surface area contributed by atoms with Crippen LogP contribution in [0.25, 0.3) is 0 Å². The Bertz CT molecular complexity index is 647. The molecule has 1 rings (SSSR count). The lowest BCUT2D eigenvalue weighted by Crippen LogP contribution is -2.44. The zero-order chi connectivity index (χ0) is 17.4. The summed E-state index contributed by atoms with van der Waals surface area (Å²) >= 11 is 0. The van der Waals surface area contributed by atoms with Crippen molar-refractivity contribution in [3.8, 4) is 11.8 Å². The van der Waals surface area contributed by atoms with Gasteiger partial charge in [0.25, 0.3) is 5.91 Å². The normalized spacial score (nSPS) is 12.2. The van der Waals surface area contributed by atoms with E-state index in [1.807, 2.05) is 0 Å². The molecular formula is C16H19N3O4. The van der Waals surface area contributed by atoms with E-state index in [1.165, 1.54) is 13.3 Å². The summed E-state index contributed by atoms with van der Waals surface area (Å²) in [7, 11) is 1.53. The molecule has 1 amide bonds. The Morgan fingerprint density at radius 3 is 2.61 bits per heavy atom. The number of benzene rings is 1. The molecule has 1 unspecified atom stereocenters. The molecule has 0 saturated heterocycles. The quantitative estimate of drug-likeness (QED) is 0.522. The Balaban J connectivity index is 2.84. The summed E-state index contributed by atoms with van der Waals surface area (Å²) in [6.07, 6.45) is 1.23. The maximum absolute atomic E-state index is 12.0. The van der Waals surface area contributed by atoms with E-state index in [1.54, 1.807) is 44.2 Å². The first-order valence-electron chi connectivity index (χ1n) is 6.93. The molecule has 1 aromatic carbocycles. The molecule has 0 saturated carbocycles. The zero-order valence-corrected chi connectivity index (χ0v) is 13.2. The molecule has 0 bridgehead atoms. The summed E-state index contributed by atoms with van der Waals surface area (Å²) in [5.41, 5.74) is 0.406. The van der Waals surface area contributed by atoms with Crippen LogP contribution >= 0.6 is 0 Å². The number of methoxy groups -OCH3 is 1. The van der Waals surface area contributed by atoms with Crippen molar-refractivity contribution in [3.63, 3.8) is 0 Å². The fraction of sp³-hybridized carbons (Fsp3) is 0.312. The smallest absolute Gasteiger partial charge is 0.326 e. The minimum Gasteiger partial charge on any atom is -0.497 e. The van der Waals surface area contributed by atoms with Gasteiger partial charge in [-0.1, -0.05) is 19.9 Å². The van der Waals surface area contributed by atoms with Crippen molar-refractivity contribution in [2.24, 2.45) is 5.92 Å². The van der Waals surface area contributed by atoms with Crippen molar-refractivity contribution in [2.45, 2.75) is 19.9 Å². The van der Waals surface area contributed by atoms with Crippen LogP contribution in [0.4, 0.5) is 5.69 Å². The van der Waals surface area contributed by atoms with Crippen molar-refractivity contribution in [1.82, 2.24) is 5.32 Å². The lowest BCUT2D eigenvalue weighted by molar-refractivity contribution is -0.142. The van der Waals surface area contributed by atoms with Crippen LogP contribution in [0.3, 0.4) is 0 Å². The number of anilines is 1. The molecule has 0 fully saturated rings. The number of hydrogen-bond donors (Lipinski definition) is 3. The molecule has 0 heterocycles. The number of amides is 1. The minimum atomic E-state index is -1.15. The summed E-state index contributed by atoms with van der Waals surface area (Å²) in [5.74, 6) is -1.57. The van der Waals surface area contributed by atoms with Crippen LogP contribution in [0.5, 0.6) is 5.75 Å². The van der Waals surface area contributed by atoms with Crippen LogP contribution in [0.15, 0.2) is 36.0 Å². The molecule has 0 spiro atoms. The zero-order valence-electron chi connectivity index (χ0n) is 13.2. The van der Waals surface area contributed by atoms with Gasteiger partial charge in [-0.3, -0.25) is 4.79 Å². The molecular weight excluding hydrogens is 298 g/mol. The molecule has 7 heteroatoms. The maximum atomic E-state index is 12.0. The minimum absolute atomic E-state index is 0.222. The van der Waals surface area contributed by atoms with Gasteiger partial charge in [0, 0.05) is 18.0 Å². The average molecular weight is 317 g/mol. The molecule has 1 atom stereocenters. The monoisotopic (exact) mass is 317 g/mol. The van der Waals surface area contributed by atoms with Gasteiger partial charge in [-0.05, 0) is 18.1 Å². The largest absolute Gasteiger partial charge is 0.497 e. The number of nitrogens with one attached hydrogen (secondary N) is 2. The Morgan fingerprint density at radius 1 is 1.39 bits per heavy atom. The number of carbonyl (C=O) groups excluding carboxylic acids is 1. The second-order valence-electron chi connectivity index (χ2n) is 5.08. The van der Waals surface area contributed by atoms with Crippen molar-refractivity contribution in [3.05, 3.63) is 36.0 Å². The summed E-state index contributed by atoms with van der Waals surface area (Å²) in [5, 5.41) is 23.3. The van der Waals surface area contributed by atoms with E-state index in [0.29, 0.717) is 11.4 Å². The molecule has 0 aliphatic heterocycles. The van der Waals surface area contributed by atoms with Crippen molar-refractivity contribution >= 4 is 17.6 Å². The van der Waals surface area contributed by atoms with E-state index in [0.717, 1.165) is 0 Å². The Labute approximate surface area is 134 Å². The van der Waals surface area contributed by atoms with Crippen molar-refractivity contribution < 1.29 is 19.4 Å². The van der Waals surface area contributed by atoms with E-state index in [4.69, 9.17) is 15.1 Å². The van der Waals surface area contributed by atoms with E-state index in [2.05, 4.69) is 10.6 Å². The number of aliphatic carboxylic acids is 1. The van der Waals surface area contributed by atoms with Gasteiger partial charge in [-0.2, -0.15) is 5.26 Å². The highest BCUT2D eigenvalue weighted by atomic mass is 16.5. The van der Waals surface area contributed by atoms with Crippen LogP contribution in [0.2, 0.25) is 0 Å². The second-order valence-corrected chi connectivity index (χ2v) is 5.08. The highest BCUT2D eigenvalue weighted by molar-refractivity contribution is 5.99. The summed E-state index contributed by atoms with van der Waals surface area (Å²) in [6, 6.07) is 7.62. The average Bonchev–Trinajstić information content (AvgIpc) is 2.52. The fourth-order valence-corrected chi connectivity index (χ4v) is 1.75. The summed E-state index contributed by atoms with van der Waals surface area (Å²) < 4.78 is 5.07. The molecule has 7 nitrogen and oxygen atoms in total. The highest BCUT2D eigenvalue weighted by Crippen LogP contribution is 2.16. The molecule has 0 aliphatic carbocycles. The van der Waals surface area contributed by atoms with Gasteiger partial charge in [-0.15, -0.1) is 0 Å². The van der Waals surface area contributed by atoms with Gasteiger partial charge in [0.05, 0.1) is 7.11 Å². The predicted octanol–water partition coefficient (Wildman–Crippen LogP) is 1.74. The van der Waals surface area contributed by atoms with Gasteiger partial charge in [0.1, 0.15) is 23.4 Å². The van der Waals surface area contributed by atoms with Gasteiger partial charge in [0.2, 0.25) is 0 Å². The first-order chi connectivity index (χ1) is 10.9.